The van der Waals surface area contributed by atoms with Gasteiger partial charge in [0.1, 0.15) is 0 Å². The Labute approximate surface area is 104 Å². The predicted octanol–water partition coefficient (Wildman–Crippen LogP) is 2.68. The molecule has 2 heteroatoms. The summed E-state index contributed by atoms with van der Waals surface area (Å²) < 4.78 is 0. The molecule has 0 saturated heterocycles. The van der Waals surface area contributed by atoms with Crippen LogP contribution in [0.4, 0.5) is 0 Å². The molecule has 1 aliphatic carbocycles. The van der Waals surface area contributed by atoms with E-state index in [0.29, 0.717) is 5.92 Å². The summed E-state index contributed by atoms with van der Waals surface area (Å²) in [5, 5.41) is 13.0. The van der Waals surface area contributed by atoms with Gasteiger partial charge < -0.3 is 10.4 Å². The standard InChI is InChI=1S/C15H23NO/c1-2-16-15(12-17)10-8-14(9-11-15)13-6-4-3-5-7-13/h3-7,14,16-17H,2,8-12H2,1H3. The summed E-state index contributed by atoms with van der Waals surface area (Å²) in [6, 6.07) is 10.8. The molecule has 0 aromatic heterocycles. The molecule has 0 aliphatic heterocycles. The minimum absolute atomic E-state index is 0.0139. The van der Waals surface area contributed by atoms with Crippen molar-refractivity contribution in [3.63, 3.8) is 0 Å². The molecule has 0 heterocycles. The Kier molecular flexibility index (Phi) is 4.19. The van der Waals surface area contributed by atoms with Crippen molar-refractivity contribution >= 4 is 0 Å². The molecule has 1 aromatic carbocycles. The van der Waals surface area contributed by atoms with Gasteiger partial charge in [0.15, 0.2) is 0 Å². The fourth-order valence-electron chi connectivity index (χ4n) is 2.99. The molecule has 0 radical (unpaired) electrons. The predicted molar refractivity (Wildman–Crippen MR) is 71.1 cm³/mol. The lowest BCUT2D eigenvalue weighted by atomic mass is 9.74. The third-order valence-corrected chi connectivity index (χ3v) is 4.07. The van der Waals surface area contributed by atoms with Gasteiger partial charge in [0.25, 0.3) is 0 Å². The molecule has 1 saturated carbocycles. The molecule has 94 valence electrons. The first-order chi connectivity index (χ1) is 8.29. The first-order valence-electron chi connectivity index (χ1n) is 6.70. The second-order valence-corrected chi connectivity index (χ2v) is 5.15. The summed E-state index contributed by atoms with van der Waals surface area (Å²) in [7, 11) is 0. The number of aliphatic hydroxyl groups is 1. The smallest absolute Gasteiger partial charge is 0.0613 e. The van der Waals surface area contributed by atoms with E-state index in [2.05, 4.69) is 42.6 Å². The SMILES string of the molecule is CCNC1(CO)CCC(c2ccccc2)CC1. The maximum atomic E-state index is 9.57. The number of rotatable bonds is 4. The van der Waals surface area contributed by atoms with E-state index in [-0.39, 0.29) is 12.1 Å². The Hall–Kier alpha value is -0.860. The van der Waals surface area contributed by atoms with Crippen LogP contribution in [0.15, 0.2) is 30.3 Å². The summed E-state index contributed by atoms with van der Waals surface area (Å²) in [5.41, 5.74) is 1.44. The summed E-state index contributed by atoms with van der Waals surface area (Å²) in [6.45, 7) is 3.32. The van der Waals surface area contributed by atoms with Crippen molar-refractivity contribution in [1.29, 1.82) is 0 Å². The van der Waals surface area contributed by atoms with Crippen molar-refractivity contribution in [2.45, 2.75) is 44.1 Å². The summed E-state index contributed by atoms with van der Waals surface area (Å²) in [5.74, 6) is 0.675. The second-order valence-electron chi connectivity index (χ2n) is 5.15. The van der Waals surface area contributed by atoms with Crippen LogP contribution in [0.3, 0.4) is 0 Å². The van der Waals surface area contributed by atoms with Crippen LogP contribution in [0, 0.1) is 0 Å². The van der Waals surface area contributed by atoms with E-state index in [9.17, 15) is 5.11 Å². The lowest BCUT2D eigenvalue weighted by molar-refractivity contribution is 0.116. The topological polar surface area (TPSA) is 32.3 Å². The van der Waals surface area contributed by atoms with Crippen LogP contribution in [0.25, 0.3) is 0 Å². The Morgan fingerprint density at radius 3 is 2.41 bits per heavy atom. The molecule has 2 nitrogen and oxygen atoms in total. The molecule has 2 rings (SSSR count). The molecule has 1 aliphatic rings. The third kappa shape index (κ3) is 2.88. The Morgan fingerprint density at radius 2 is 1.88 bits per heavy atom. The minimum atomic E-state index is -0.0139. The van der Waals surface area contributed by atoms with Gasteiger partial charge in [-0.3, -0.25) is 0 Å². The van der Waals surface area contributed by atoms with Crippen molar-refractivity contribution in [3.8, 4) is 0 Å². The zero-order chi connectivity index (χ0) is 12.1. The highest BCUT2D eigenvalue weighted by atomic mass is 16.3. The van der Waals surface area contributed by atoms with Gasteiger partial charge >= 0.3 is 0 Å². The van der Waals surface area contributed by atoms with Gasteiger partial charge in [0, 0.05) is 5.54 Å². The van der Waals surface area contributed by atoms with E-state index in [0.717, 1.165) is 19.4 Å². The van der Waals surface area contributed by atoms with E-state index in [4.69, 9.17) is 0 Å². The Morgan fingerprint density at radius 1 is 1.24 bits per heavy atom. The highest BCUT2D eigenvalue weighted by Crippen LogP contribution is 2.37. The Balaban J connectivity index is 1.98. The molecule has 2 N–H and O–H groups in total. The van der Waals surface area contributed by atoms with Crippen molar-refractivity contribution in [3.05, 3.63) is 35.9 Å². The quantitative estimate of drug-likeness (QED) is 0.838. The van der Waals surface area contributed by atoms with E-state index in [1.165, 1.54) is 18.4 Å². The summed E-state index contributed by atoms with van der Waals surface area (Å²) in [4.78, 5) is 0. The summed E-state index contributed by atoms with van der Waals surface area (Å²) >= 11 is 0. The monoisotopic (exact) mass is 233 g/mol. The Bertz CT molecular complexity index is 328. The van der Waals surface area contributed by atoms with Gasteiger partial charge in [-0.15, -0.1) is 0 Å². The summed E-state index contributed by atoms with van der Waals surface area (Å²) in [6.07, 6.45) is 4.52. The van der Waals surface area contributed by atoms with E-state index in [1.807, 2.05) is 0 Å². The van der Waals surface area contributed by atoms with E-state index in [1.54, 1.807) is 0 Å². The average Bonchev–Trinajstić information content (AvgIpc) is 2.41. The third-order valence-electron chi connectivity index (χ3n) is 4.07. The molecule has 0 spiro atoms. The van der Waals surface area contributed by atoms with Crippen LogP contribution < -0.4 is 5.32 Å². The van der Waals surface area contributed by atoms with Gasteiger partial charge in [0.05, 0.1) is 6.61 Å². The van der Waals surface area contributed by atoms with Gasteiger partial charge in [-0.2, -0.15) is 0 Å². The first-order valence-corrected chi connectivity index (χ1v) is 6.70. The largest absolute Gasteiger partial charge is 0.394 e. The molecule has 0 atom stereocenters. The minimum Gasteiger partial charge on any atom is -0.394 e. The van der Waals surface area contributed by atoms with E-state index >= 15 is 0 Å². The fourth-order valence-corrected chi connectivity index (χ4v) is 2.99. The van der Waals surface area contributed by atoms with Crippen LogP contribution in [-0.2, 0) is 0 Å². The molecule has 1 fully saturated rings. The molecule has 0 amide bonds. The van der Waals surface area contributed by atoms with Crippen molar-refractivity contribution in [1.82, 2.24) is 5.32 Å². The highest BCUT2D eigenvalue weighted by molar-refractivity contribution is 5.20. The van der Waals surface area contributed by atoms with Gasteiger partial charge in [-0.25, -0.2) is 0 Å². The van der Waals surface area contributed by atoms with Crippen molar-refractivity contribution in [2.75, 3.05) is 13.2 Å². The fraction of sp³-hybridized carbons (Fsp3) is 0.600. The number of likely N-dealkylation sites (N-methyl/N-ethyl adjacent to an activating group) is 1. The molecule has 0 bridgehead atoms. The molecular formula is C15H23NO. The average molecular weight is 233 g/mol. The lowest BCUT2D eigenvalue weighted by Gasteiger charge is -2.39. The van der Waals surface area contributed by atoms with Gasteiger partial charge in [-0.05, 0) is 43.7 Å². The zero-order valence-corrected chi connectivity index (χ0v) is 10.7. The maximum Gasteiger partial charge on any atom is 0.0613 e. The zero-order valence-electron chi connectivity index (χ0n) is 10.7. The lowest BCUT2D eigenvalue weighted by Crippen LogP contribution is -2.50. The number of benzene rings is 1. The second kappa shape index (κ2) is 5.65. The normalized spacial score (nSPS) is 29.2. The molecule has 17 heavy (non-hydrogen) atoms. The highest BCUT2D eigenvalue weighted by Gasteiger charge is 2.34. The van der Waals surface area contributed by atoms with E-state index < -0.39 is 0 Å². The van der Waals surface area contributed by atoms with Crippen molar-refractivity contribution in [2.24, 2.45) is 0 Å². The van der Waals surface area contributed by atoms with Crippen LogP contribution in [0.1, 0.15) is 44.1 Å². The van der Waals surface area contributed by atoms with Crippen LogP contribution in [0.2, 0.25) is 0 Å². The van der Waals surface area contributed by atoms with Gasteiger partial charge in [0.2, 0.25) is 0 Å². The van der Waals surface area contributed by atoms with Crippen LogP contribution >= 0.6 is 0 Å². The molecular weight excluding hydrogens is 210 g/mol. The molecule has 1 aromatic rings. The number of aliphatic hydroxyl groups excluding tert-OH is 1. The van der Waals surface area contributed by atoms with Crippen LogP contribution in [0.5, 0.6) is 0 Å². The number of nitrogens with one attached hydrogen (secondary N) is 1. The van der Waals surface area contributed by atoms with Crippen molar-refractivity contribution < 1.29 is 5.11 Å². The molecule has 0 unspecified atom stereocenters. The maximum absolute atomic E-state index is 9.57. The van der Waals surface area contributed by atoms with Gasteiger partial charge in [-0.1, -0.05) is 37.3 Å². The number of hydrogen-bond donors (Lipinski definition) is 2. The first kappa shape index (κ1) is 12.6. The number of hydrogen-bond acceptors (Lipinski definition) is 2. The van der Waals surface area contributed by atoms with Crippen LogP contribution in [-0.4, -0.2) is 23.8 Å².